The molecule has 0 radical (unpaired) electrons. The van der Waals surface area contributed by atoms with E-state index in [0.29, 0.717) is 6.04 Å². The highest BCUT2D eigenvalue weighted by Gasteiger charge is 2.29. The molecular weight excluding hydrogens is 232 g/mol. The molecule has 2 heteroatoms. The van der Waals surface area contributed by atoms with Crippen LogP contribution in [0, 0.1) is 0 Å². The van der Waals surface area contributed by atoms with Crippen LogP contribution in [0.5, 0.6) is 0 Å². The van der Waals surface area contributed by atoms with E-state index in [1.807, 2.05) is 0 Å². The van der Waals surface area contributed by atoms with Crippen LogP contribution in [0.25, 0.3) is 0 Å². The highest BCUT2D eigenvalue weighted by molar-refractivity contribution is 4.87. The zero-order chi connectivity index (χ0) is 14.1. The summed E-state index contributed by atoms with van der Waals surface area (Å²) >= 11 is 0. The number of rotatable bonds is 7. The van der Waals surface area contributed by atoms with E-state index < -0.39 is 0 Å². The second-order valence-corrected chi connectivity index (χ2v) is 6.21. The molecule has 0 aromatic heterocycles. The number of hydrogen-bond acceptors (Lipinski definition) is 2. The fourth-order valence-corrected chi connectivity index (χ4v) is 3.54. The van der Waals surface area contributed by atoms with Gasteiger partial charge in [0.1, 0.15) is 0 Å². The molecule has 0 amide bonds. The highest BCUT2D eigenvalue weighted by atomic mass is 15.2. The molecule has 0 aromatic carbocycles. The Hall–Kier alpha value is -0.0800. The first kappa shape index (κ1) is 17.0. The normalized spacial score (nSPS) is 27.0. The third-order valence-corrected chi connectivity index (χ3v) is 4.83. The van der Waals surface area contributed by atoms with Gasteiger partial charge in [-0.1, -0.05) is 46.5 Å². The molecule has 1 N–H and O–H groups in total. The number of nitrogens with one attached hydrogen (secondary N) is 1. The highest BCUT2D eigenvalue weighted by Crippen LogP contribution is 2.24. The summed E-state index contributed by atoms with van der Waals surface area (Å²) in [7, 11) is 0. The lowest BCUT2D eigenvalue weighted by molar-refractivity contribution is 0.0980. The van der Waals surface area contributed by atoms with Crippen LogP contribution in [0.15, 0.2) is 0 Å². The minimum atomic E-state index is 0.717. The van der Waals surface area contributed by atoms with Gasteiger partial charge in [0.25, 0.3) is 0 Å². The summed E-state index contributed by atoms with van der Waals surface area (Å²) in [6, 6.07) is 2.20. The van der Waals surface area contributed by atoms with Gasteiger partial charge in [-0.2, -0.15) is 0 Å². The molecule has 0 heterocycles. The Kier molecular flexibility index (Phi) is 8.72. The van der Waals surface area contributed by atoms with Crippen molar-refractivity contribution >= 4 is 0 Å². The van der Waals surface area contributed by atoms with Crippen molar-refractivity contribution in [1.29, 1.82) is 0 Å². The monoisotopic (exact) mass is 268 g/mol. The van der Waals surface area contributed by atoms with Crippen LogP contribution in [-0.4, -0.2) is 36.1 Å². The molecule has 0 bridgehead atoms. The molecule has 0 saturated heterocycles. The predicted octanol–water partition coefficient (Wildman–Crippen LogP) is 4.20. The van der Waals surface area contributed by atoms with Crippen LogP contribution in [0.1, 0.15) is 79.1 Å². The van der Waals surface area contributed by atoms with Crippen molar-refractivity contribution in [1.82, 2.24) is 10.2 Å². The Balaban J connectivity index is 2.72. The van der Waals surface area contributed by atoms with Crippen molar-refractivity contribution in [3.05, 3.63) is 0 Å². The number of nitrogens with zero attached hydrogens (tertiary/aromatic N) is 1. The molecule has 1 saturated carbocycles. The van der Waals surface area contributed by atoms with Crippen molar-refractivity contribution in [2.75, 3.05) is 13.1 Å². The zero-order valence-electron chi connectivity index (χ0n) is 13.8. The molecule has 0 aromatic rings. The van der Waals surface area contributed by atoms with Gasteiger partial charge in [0.05, 0.1) is 0 Å². The van der Waals surface area contributed by atoms with Crippen molar-refractivity contribution in [2.24, 2.45) is 0 Å². The van der Waals surface area contributed by atoms with Crippen LogP contribution < -0.4 is 5.32 Å². The smallest absolute Gasteiger partial charge is 0.0252 e. The van der Waals surface area contributed by atoms with Gasteiger partial charge in [-0.05, 0) is 45.7 Å². The number of likely N-dealkylation sites (N-methyl/N-ethyl adjacent to an activating group) is 1. The maximum atomic E-state index is 3.84. The fourth-order valence-electron chi connectivity index (χ4n) is 3.54. The Labute approximate surface area is 121 Å². The molecule has 3 unspecified atom stereocenters. The summed E-state index contributed by atoms with van der Waals surface area (Å²) in [5, 5.41) is 3.84. The van der Waals surface area contributed by atoms with Gasteiger partial charge in [-0.15, -0.1) is 0 Å². The van der Waals surface area contributed by atoms with Crippen molar-refractivity contribution < 1.29 is 0 Å². The summed E-state index contributed by atoms with van der Waals surface area (Å²) in [6.45, 7) is 11.7. The van der Waals surface area contributed by atoms with Gasteiger partial charge in [0.2, 0.25) is 0 Å². The average molecular weight is 268 g/mol. The van der Waals surface area contributed by atoms with E-state index >= 15 is 0 Å². The quantitative estimate of drug-likeness (QED) is 0.744. The Morgan fingerprint density at radius 3 is 2.32 bits per heavy atom. The van der Waals surface area contributed by atoms with E-state index in [1.165, 1.54) is 64.5 Å². The van der Waals surface area contributed by atoms with Gasteiger partial charge in [0.15, 0.2) is 0 Å². The first-order valence-electron chi connectivity index (χ1n) is 8.73. The van der Waals surface area contributed by atoms with E-state index in [0.717, 1.165) is 12.1 Å². The molecule has 1 fully saturated rings. The van der Waals surface area contributed by atoms with Crippen molar-refractivity contribution in [3.8, 4) is 0 Å². The van der Waals surface area contributed by atoms with Gasteiger partial charge in [0, 0.05) is 18.1 Å². The third-order valence-electron chi connectivity index (χ3n) is 4.83. The molecule has 19 heavy (non-hydrogen) atoms. The Morgan fingerprint density at radius 1 is 1.05 bits per heavy atom. The van der Waals surface area contributed by atoms with Crippen LogP contribution in [-0.2, 0) is 0 Å². The molecule has 1 aliphatic rings. The summed E-state index contributed by atoms with van der Waals surface area (Å²) in [5.41, 5.74) is 0. The largest absolute Gasteiger partial charge is 0.312 e. The summed E-state index contributed by atoms with van der Waals surface area (Å²) < 4.78 is 0. The lowest BCUT2D eigenvalue weighted by atomic mass is 9.90. The van der Waals surface area contributed by atoms with Gasteiger partial charge in [-0.3, -0.25) is 4.90 Å². The second-order valence-electron chi connectivity index (χ2n) is 6.21. The lowest BCUT2D eigenvalue weighted by Crippen LogP contribution is -2.53. The van der Waals surface area contributed by atoms with Crippen LogP contribution in [0.2, 0.25) is 0 Å². The maximum absolute atomic E-state index is 3.84. The molecule has 2 nitrogen and oxygen atoms in total. The summed E-state index contributed by atoms with van der Waals surface area (Å²) in [5.74, 6) is 0. The standard InChI is InChI=1S/C17H36N2/c1-5-14-18-16-12-10-8-9-11-13-17(16)19(7-3)15(4)6-2/h15-18H,5-14H2,1-4H3. The second kappa shape index (κ2) is 9.77. The minimum absolute atomic E-state index is 0.717. The van der Waals surface area contributed by atoms with Gasteiger partial charge >= 0.3 is 0 Å². The summed E-state index contributed by atoms with van der Waals surface area (Å²) in [6.07, 6.45) is 11.0. The van der Waals surface area contributed by atoms with Gasteiger partial charge in [-0.25, -0.2) is 0 Å². The minimum Gasteiger partial charge on any atom is -0.312 e. The number of hydrogen-bond donors (Lipinski definition) is 1. The zero-order valence-corrected chi connectivity index (χ0v) is 13.8. The maximum Gasteiger partial charge on any atom is 0.0252 e. The van der Waals surface area contributed by atoms with Crippen molar-refractivity contribution in [3.63, 3.8) is 0 Å². The average Bonchev–Trinajstić information content (AvgIpc) is 2.41. The van der Waals surface area contributed by atoms with Crippen molar-refractivity contribution in [2.45, 2.75) is 97.2 Å². The lowest BCUT2D eigenvalue weighted by Gasteiger charge is -2.41. The first-order chi connectivity index (χ1) is 9.24. The molecule has 3 atom stereocenters. The van der Waals surface area contributed by atoms with Crippen LogP contribution in [0.4, 0.5) is 0 Å². The van der Waals surface area contributed by atoms with Gasteiger partial charge < -0.3 is 5.32 Å². The predicted molar refractivity (Wildman–Crippen MR) is 85.7 cm³/mol. The van der Waals surface area contributed by atoms with E-state index in [2.05, 4.69) is 37.9 Å². The molecule has 1 rings (SSSR count). The van der Waals surface area contributed by atoms with Crippen LogP contribution in [0.3, 0.4) is 0 Å². The Bertz CT molecular complexity index is 215. The topological polar surface area (TPSA) is 15.3 Å². The molecule has 1 aliphatic carbocycles. The van der Waals surface area contributed by atoms with E-state index in [-0.39, 0.29) is 0 Å². The Morgan fingerprint density at radius 2 is 1.74 bits per heavy atom. The van der Waals surface area contributed by atoms with Crippen LogP contribution >= 0.6 is 0 Å². The molecule has 114 valence electrons. The molecule has 0 spiro atoms. The summed E-state index contributed by atoms with van der Waals surface area (Å²) in [4.78, 5) is 2.76. The molecule has 0 aliphatic heterocycles. The first-order valence-corrected chi connectivity index (χ1v) is 8.73. The van der Waals surface area contributed by atoms with E-state index in [4.69, 9.17) is 0 Å². The molecular formula is C17H36N2. The third kappa shape index (κ3) is 5.43. The SMILES string of the molecule is CCCNC1CCCCCCC1N(CC)C(C)CC. The van der Waals surface area contributed by atoms with E-state index in [9.17, 15) is 0 Å². The fraction of sp³-hybridized carbons (Fsp3) is 1.00. The van der Waals surface area contributed by atoms with E-state index in [1.54, 1.807) is 0 Å².